The number of carbonyl (C=O) groups is 1. The smallest absolute Gasteiger partial charge is 0.226 e. The van der Waals surface area contributed by atoms with Crippen molar-refractivity contribution in [2.45, 2.75) is 13.3 Å². The van der Waals surface area contributed by atoms with E-state index < -0.39 is 0 Å². The standard InChI is InChI=1S/C21H26N4O3S/c1-2-28-18-5-3-16(4-6-18)19-14-25-17(15-29-21(25)23-19)13-20(26)22-7-8-24-9-11-27-12-10-24/h3-6,14-15H,2,7-13H2,1H3,(H,22,26). The summed E-state index contributed by atoms with van der Waals surface area (Å²) in [7, 11) is 0. The molecule has 1 aliphatic rings. The van der Waals surface area contributed by atoms with Crippen molar-refractivity contribution in [2.75, 3.05) is 46.0 Å². The van der Waals surface area contributed by atoms with Gasteiger partial charge in [-0.15, -0.1) is 11.3 Å². The van der Waals surface area contributed by atoms with Crippen LogP contribution in [0.1, 0.15) is 12.6 Å². The minimum atomic E-state index is 0.0364. The van der Waals surface area contributed by atoms with Crippen LogP contribution < -0.4 is 10.1 Å². The zero-order valence-electron chi connectivity index (χ0n) is 16.6. The lowest BCUT2D eigenvalue weighted by molar-refractivity contribution is -0.120. The number of hydrogen-bond donors (Lipinski definition) is 1. The van der Waals surface area contributed by atoms with E-state index in [1.807, 2.05) is 47.2 Å². The molecule has 0 spiro atoms. The Bertz CT molecular complexity index is 945. The Kier molecular flexibility index (Phi) is 6.43. The van der Waals surface area contributed by atoms with Crippen molar-refractivity contribution in [3.8, 4) is 17.0 Å². The third-order valence-electron chi connectivity index (χ3n) is 4.94. The summed E-state index contributed by atoms with van der Waals surface area (Å²) in [5, 5.41) is 5.03. The second-order valence-corrected chi connectivity index (χ2v) is 7.78. The number of imidazole rings is 1. The first kappa shape index (κ1) is 19.9. The van der Waals surface area contributed by atoms with Crippen molar-refractivity contribution in [1.82, 2.24) is 19.6 Å². The minimum absolute atomic E-state index is 0.0364. The van der Waals surface area contributed by atoms with Gasteiger partial charge in [-0.1, -0.05) is 0 Å². The summed E-state index contributed by atoms with van der Waals surface area (Å²) in [6, 6.07) is 7.93. The van der Waals surface area contributed by atoms with Gasteiger partial charge in [0.1, 0.15) is 5.75 Å². The number of thiazole rings is 1. The number of nitrogens with one attached hydrogen (secondary N) is 1. The quantitative estimate of drug-likeness (QED) is 0.613. The highest BCUT2D eigenvalue weighted by atomic mass is 32.1. The Morgan fingerprint density at radius 1 is 1.28 bits per heavy atom. The molecule has 7 nitrogen and oxygen atoms in total. The molecule has 0 atom stereocenters. The number of rotatable bonds is 8. The van der Waals surface area contributed by atoms with Gasteiger partial charge in [0.15, 0.2) is 4.96 Å². The molecular formula is C21H26N4O3S. The highest BCUT2D eigenvalue weighted by Crippen LogP contribution is 2.25. The lowest BCUT2D eigenvalue weighted by atomic mass is 10.1. The molecule has 0 unspecified atom stereocenters. The second-order valence-electron chi connectivity index (χ2n) is 6.94. The minimum Gasteiger partial charge on any atom is -0.494 e. The lowest BCUT2D eigenvalue weighted by Gasteiger charge is -2.26. The van der Waals surface area contributed by atoms with Crippen LogP contribution >= 0.6 is 11.3 Å². The van der Waals surface area contributed by atoms with Crippen molar-refractivity contribution < 1.29 is 14.3 Å². The summed E-state index contributed by atoms with van der Waals surface area (Å²) in [5.41, 5.74) is 2.89. The molecule has 29 heavy (non-hydrogen) atoms. The number of ether oxygens (including phenoxy) is 2. The fourth-order valence-electron chi connectivity index (χ4n) is 3.39. The maximum absolute atomic E-state index is 12.4. The van der Waals surface area contributed by atoms with E-state index in [1.54, 1.807) is 11.3 Å². The number of hydrogen-bond acceptors (Lipinski definition) is 6. The van der Waals surface area contributed by atoms with E-state index in [2.05, 4.69) is 10.2 Å². The van der Waals surface area contributed by atoms with Crippen molar-refractivity contribution in [3.63, 3.8) is 0 Å². The van der Waals surface area contributed by atoms with Gasteiger partial charge in [0, 0.05) is 49.0 Å². The Labute approximate surface area is 174 Å². The van der Waals surface area contributed by atoms with E-state index in [-0.39, 0.29) is 5.91 Å². The van der Waals surface area contributed by atoms with Crippen LogP contribution in [-0.4, -0.2) is 66.2 Å². The van der Waals surface area contributed by atoms with Crippen LogP contribution in [0, 0.1) is 0 Å². The molecule has 1 saturated heterocycles. The Hall–Kier alpha value is -2.42. The molecule has 1 aromatic carbocycles. The first-order chi connectivity index (χ1) is 14.2. The number of aromatic nitrogens is 2. The molecule has 2 aromatic heterocycles. The van der Waals surface area contributed by atoms with Gasteiger partial charge in [0.2, 0.25) is 5.91 Å². The van der Waals surface area contributed by atoms with Gasteiger partial charge in [-0.05, 0) is 31.2 Å². The van der Waals surface area contributed by atoms with Gasteiger partial charge in [-0.3, -0.25) is 14.1 Å². The molecule has 0 aliphatic carbocycles. The Morgan fingerprint density at radius 2 is 2.07 bits per heavy atom. The van der Waals surface area contributed by atoms with E-state index in [0.717, 1.165) is 60.5 Å². The van der Waals surface area contributed by atoms with E-state index >= 15 is 0 Å². The van der Waals surface area contributed by atoms with Crippen molar-refractivity contribution >= 4 is 22.2 Å². The van der Waals surface area contributed by atoms with E-state index in [1.165, 1.54) is 0 Å². The molecule has 8 heteroatoms. The zero-order valence-corrected chi connectivity index (χ0v) is 17.4. The Balaban J connectivity index is 1.36. The van der Waals surface area contributed by atoms with Crippen LogP contribution in [0.15, 0.2) is 35.8 Å². The molecule has 0 radical (unpaired) electrons. The van der Waals surface area contributed by atoms with Crippen LogP contribution in [0.3, 0.4) is 0 Å². The molecule has 0 bridgehead atoms. The highest BCUT2D eigenvalue weighted by molar-refractivity contribution is 7.15. The van der Waals surface area contributed by atoms with Gasteiger partial charge >= 0.3 is 0 Å². The third kappa shape index (κ3) is 4.95. The molecule has 1 fully saturated rings. The first-order valence-corrected chi connectivity index (χ1v) is 10.9. The lowest BCUT2D eigenvalue weighted by Crippen LogP contribution is -2.41. The van der Waals surface area contributed by atoms with Crippen molar-refractivity contribution in [3.05, 3.63) is 41.5 Å². The van der Waals surface area contributed by atoms with Crippen molar-refractivity contribution in [2.24, 2.45) is 0 Å². The number of nitrogens with zero attached hydrogens (tertiary/aromatic N) is 3. The van der Waals surface area contributed by atoms with Crippen LogP contribution in [-0.2, 0) is 16.0 Å². The average Bonchev–Trinajstić information content (AvgIpc) is 3.32. The highest BCUT2D eigenvalue weighted by Gasteiger charge is 2.14. The monoisotopic (exact) mass is 414 g/mol. The third-order valence-corrected chi connectivity index (χ3v) is 5.83. The predicted molar refractivity (Wildman–Crippen MR) is 114 cm³/mol. The number of fused-ring (bicyclic) bond motifs is 1. The summed E-state index contributed by atoms with van der Waals surface area (Å²) >= 11 is 1.55. The van der Waals surface area contributed by atoms with Gasteiger partial charge in [0.25, 0.3) is 0 Å². The Morgan fingerprint density at radius 3 is 2.83 bits per heavy atom. The summed E-state index contributed by atoms with van der Waals surface area (Å²) in [4.78, 5) is 20.3. The maximum atomic E-state index is 12.4. The van der Waals surface area contributed by atoms with E-state index in [0.29, 0.717) is 19.6 Å². The van der Waals surface area contributed by atoms with Gasteiger partial charge in [0.05, 0.1) is 31.9 Å². The molecule has 1 N–H and O–H groups in total. The summed E-state index contributed by atoms with van der Waals surface area (Å²) in [6.45, 7) is 7.56. The first-order valence-electron chi connectivity index (χ1n) is 9.98. The number of amides is 1. The number of benzene rings is 1. The molecule has 1 amide bonds. The molecule has 0 saturated carbocycles. The molecule has 4 rings (SSSR count). The second kappa shape index (κ2) is 9.39. The predicted octanol–water partition coefficient (Wildman–Crippen LogP) is 2.45. The van der Waals surface area contributed by atoms with Gasteiger partial charge in [-0.2, -0.15) is 0 Å². The van der Waals surface area contributed by atoms with E-state index in [9.17, 15) is 4.79 Å². The zero-order chi connectivity index (χ0) is 20.1. The SMILES string of the molecule is CCOc1ccc(-c2cn3c(CC(=O)NCCN4CCOCC4)csc3n2)cc1. The fraction of sp³-hybridized carbons (Fsp3) is 0.429. The number of morpholine rings is 1. The molecule has 3 heterocycles. The van der Waals surface area contributed by atoms with Crippen molar-refractivity contribution in [1.29, 1.82) is 0 Å². The largest absolute Gasteiger partial charge is 0.494 e. The van der Waals surface area contributed by atoms with Gasteiger partial charge in [-0.25, -0.2) is 4.98 Å². The van der Waals surface area contributed by atoms with Gasteiger partial charge < -0.3 is 14.8 Å². The maximum Gasteiger partial charge on any atom is 0.226 e. The molecule has 1 aliphatic heterocycles. The molecule has 3 aromatic rings. The topological polar surface area (TPSA) is 68.1 Å². The van der Waals surface area contributed by atoms with Crippen LogP contribution in [0.4, 0.5) is 0 Å². The fourth-order valence-corrected chi connectivity index (χ4v) is 4.26. The van der Waals surface area contributed by atoms with Crippen LogP contribution in [0.5, 0.6) is 5.75 Å². The number of carbonyl (C=O) groups excluding carboxylic acids is 1. The normalized spacial score (nSPS) is 14.9. The van der Waals surface area contributed by atoms with Crippen LogP contribution in [0.2, 0.25) is 0 Å². The molecule has 154 valence electrons. The summed E-state index contributed by atoms with van der Waals surface area (Å²) in [6.07, 6.45) is 2.35. The average molecular weight is 415 g/mol. The summed E-state index contributed by atoms with van der Waals surface area (Å²) in [5.74, 6) is 0.890. The summed E-state index contributed by atoms with van der Waals surface area (Å²) < 4.78 is 12.9. The van der Waals surface area contributed by atoms with Crippen LogP contribution in [0.25, 0.3) is 16.2 Å². The molecular weight excluding hydrogens is 388 g/mol. The van der Waals surface area contributed by atoms with E-state index in [4.69, 9.17) is 14.5 Å².